The number of sulfonamides is 1. The van der Waals surface area contributed by atoms with Crippen LogP contribution in [0.4, 0.5) is 11.6 Å². The van der Waals surface area contributed by atoms with Crippen molar-refractivity contribution in [3.05, 3.63) is 42.2 Å². The summed E-state index contributed by atoms with van der Waals surface area (Å²) < 4.78 is 26.4. The Morgan fingerprint density at radius 1 is 1.17 bits per heavy atom. The summed E-state index contributed by atoms with van der Waals surface area (Å²) in [4.78, 5) is 13.5. The zero-order valence-electron chi connectivity index (χ0n) is 18.0. The number of nitrogens with zero attached hydrogens (tertiary/aromatic N) is 5. The summed E-state index contributed by atoms with van der Waals surface area (Å²) in [5, 5.41) is 0. The molecule has 9 heteroatoms. The second-order valence-corrected chi connectivity index (χ2v) is 10.3. The molecule has 1 fully saturated rings. The Kier molecular flexibility index (Phi) is 7.21. The van der Waals surface area contributed by atoms with Gasteiger partial charge in [0.15, 0.2) is 0 Å². The first kappa shape index (κ1) is 22.8. The van der Waals surface area contributed by atoms with E-state index in [9.17, 15) is 8.42 Å². The summed E-state index contributed by atoms with van der Waals surface area (Å²) in [5.74, 6) is 0.909. The molecule has 30 heavy (non-hydrogen) atoms. The van der Waals surface area contributed by atoms with Gasteiger partial charge in [-0.2, -0.15) is 12.2 Å². The monoisotopic (exact) mass is 451 g/mol. The molecule has 0 bridgehead atoms. The quantitative estimate of drug-likeness (QED) is 0.595. The third-order valence-corrected chi connectivity index (χ3v) is 7.68. The van der Waals surface area contributed by atoms with E-state index < -0.39 is 10.0 Å². The number of piperazine rings is 1. The highest BCUT2D eigenvalue weighted by Crippen LogP contribution is 2.27. The van der Waals surface area contributed by atoms with E-state index in [0.717, 1.165) is 38.2 Å². The molecule has 0 aliphatic carbocycles. The standard InChI is InChI=1S/C21H30ClN5O2S/c1-5-10-25-11-12-26(15-17(25)4)21-23-13-19(14-24-21)27(22)30(28,29)20-8-6-18(7-9-20)16(2)3/h6-9,13-14,16-17H,5,10-12,15H2,1-4H3/t17-/m0/s1. The molecule has 2 heterocycles. The average Bonchev–Trinajstić information content (AvgIpc) is 2.75. The number of rotatable bonds is 7. The van der Waals surface area contributed by atoms with Crippen molar-refractivity contribution in [1.82, 2.24) is 14.9 Å². The number of halogens is 1. The number of hydrogen-bond acceptors (Lipinski definition) is 6. The van der Waals surface area contributed by atoms with E-state index in [0.29, 0.717) is 21.7 Å². The molecule has 0 spiro atoms. The highest BCUT2D eigenvalue weighted by molar-refractivity contribution is 7.94. The third kappa shape index (κ3) is 4.87. The smallest absolute Gasteiger partial charge is 0.278 e. The lowest BCUT2D eigenvalue weighted by molar-refractivity contribution is 0.189. The van der Waals surface area contributed by atoms with Crippen LogP contribution < -0.4 is 8.72 Å². The summed E-state index contributed by atoms with van der Waals surface area (Å²) in [6.07, 6.45) is 4.05. The van der Waals surface area contributed by atoms with Crippen LogP contribution in [0.25, 0.3) is 0 Å². The lowest BCUT2D eigenvalue weighted by Gasteiger charge is -2.39. The second kappa shape index (κ2) is 9.49. The molecule has 1 aliphatic rings. The van der Waals surface area contributed by atoms with E-state index in [1.165, 1.54) is 12.4 Å². The predicted molar refractivity (Wildman–Crippen MR) is 122 cm³/mol. The molecule has 3 rings (SSSR count). The maximum atomic E-state index is 12.9. The maximum absolute atomic E-state index is 12.9. The predicted octanol–water partition coefficient (Wildman–Crippen LogP) is 3.87. The van der Waals surface area contributed by atoms with Crippen LogP contribution in [0.1, 0.15) is 45.6 Å². The summed E-state index contributed by atoms with van der Waals surface area (Å²) in [7, 11) is -3.90. The zero-order chi connectivity index (χ0) is 21.9. The fourth-order valence-corrected chi connectivity index (χ4v) is 4.98. The van der Waals surface area contributed by atoms with E-state index in [4.69, 9.17) is 11.8 Å². The largest absolute Gasteiger partial charge is 0.338 e. The molecule has 0 N–H and O–H groups in total. The van der Waals surface area contributed by atoms with Gasteiger partial charge in [0, 0.05) is 37.5 Å². The minimum atomic E-state index is -3.90. The topological polar surface area (TPSA) is 69.6 Å². The summed E-state index contributed by atoms with van der Waals surface area (Å²) in [6, 6.07) is 7.18. The molecule has 7 nitrogen and oxygen atoms in total. The van der Waals surface area contributed by atoms with Gasteiger partial charge in [-0.15, -0.1) is 0 Å². The zero-order valence-corrected chi connectivity index (χ0v) is 19.6. The van der Waals surface area contributed by atoms with Crippen molar-refractivity contribution >= 4 is 33.4 Å². The number of hydrogen-bond donors (Lipinski definition) is 0. The summed E-state index contributed by atoms with van der Waals surface area (Å²) >= 11 is 6.20. The summed E-state index contributed by atoms with van der Waals surface area (Å²) in [6.45, 7) is 12.2. The molecular formula is C21H30ClN5O2S. The van der Waals surface area contributed by atoms with Crippen molar-refractivity contribution in [3.8, 4) is 0 Å². The molecule has 164 valence electrons. The van der Waals surface area contributed by atoms with Gasteiger partial charge in [-0.25, -0.2) is 9.97 Å². The lowest BCUT2D eigenvalue weighted by Crippen LogP contribution is -2.52. The Labute approximate surface area is 184 Å². The van der Waals surface area contributed by atoms with Gasteiger partial charge in [-0.05, 0) is 43.5 Å². The van der Waals surface area contributed by atoms with Crippen LogP contribution in [-0.4, -0.2) is 55.5 Å². The van der Waals surface area contributed by atoms with Gasteiger partial charge in [0.2, 0.25) is 5.95 Å². The van der Waals surface area contributed by atoms with Crippen LogP contribution in [0, 0.1) is 0 Å². The van der Waals surface area contributed by atoms with Gasteiger partial charge >= 0.3 is 0 Å². The van der Waals surface area contributed by atoms with Crippen LogP contribution in [0.3, 0.4) is 0 Å². The highest BCUT2D eigenvalue weighted by atomic mass is 35.5. The fraction of sp³-hybridized carbons (Fsp3) is 0.524. The molecule has 0 radical (unpaired) electrons. The average molecular weight is 452 g/mol. The number of anilines is 2. The maximum Gasteiger partial charge on any atom is 0.278 e. The molecule has 0 amide bonds. The van der Waals surface area contributed by atoms with Crippen LogP contribution in [0.15, 0.2) is 41.6 Å². The fourth-order valence-electron chi connectivity index (χ4n) is 3.62. The molecule has 1 aromatic heterocycles. The Morgan fingerprint density at radius 2 is 1.80 bits per heavy atom. The molecule has 0 unspecified atom stereocenters. The van der Waals surface area contributed by atoms with Gasteiger partial charge < -0.3 is 4.90 Å². The first-order valence-corrected chi connectivity index (χ1v) is 12.1. The van der Waals surface area contributed by atoms with Gasteiger partial charge in [0.05, 0.1) is 17.3 Å². The third-order valence-electron chi connectivity index (χ3n) is 5.44. The summed E-state index contributed by atoms with van der Waals surface area (Å²) in [5.41, 5.74) is 1.28. The van der Waals surface area contributed by atoms with E-state index in [1.807, 2.05) is 0 Å². The molecule has 1 aromatic carbocycles. The van der Waals surface area contributed by atoms with E-state index >= 15 is 0 Å². The van der Waals surface area contributed by atoms with Crippen molar-refractivity contribution in [3.63, 3.8) is 0 Å². The van der Waals surface area contributed by atoms with Crippen molar-refractivity contribution in [2.24, 2.45) is 0 Å². The SMILES string of the molecule is CCCN1CCN(c2ncc(N(Cl)S(=O)(=O)c3ccc(C(C)C)cc3)cn2)C[C@@H]1C. The van der Waals surface area contributed by atoms with Crippen molar-refractivity contribution in [2.45, 2.75) is 51.0 Å². The normalized spacial score (nSPS) is 18.1. The van der Waals surface area contributed by atoms with Gasteiger partial charge in [0.25, 0.3) is 10.0 Å². The Morgan fingerprint density at radius 3 is 2.33 bits per heavy atom. The van der Waals surface area contributed by atoms with Crippen LogP contribution in [-0.2, 0) is 10.0 Å². The Bertz CT molecular complexity index is 935. The van der Waals surface area contributed by atoms with E-state index in [-0.39, 0.29) is 10.6 Å². The lowest BCUT2D eigenvalue weighted by atomic mass is 10.0. The van der Waals surface area contributed by atoms with Crippen molar-refractivity contribution in [2.75, 3.05) is 34.9 Å². The number of aromatic nitrogens is 2. The van der Waals surface area contributed by atoms with Gasteiger partial charge in [-0.3, -0.25) is 4.90 Å². The van der Waals surface area contributed by atoms with Gasteiger partial charge in [0.1, 0.15) is 5.69 Å². The molecule has 1 aliphatic heterocycles. The van der Waals surface area contributed by atoms with Gasteiger partial charge in [-0.1, -0.05) is 32.9 Å². The first-order chi connectivity index (χ1) is 14.2. The van der Waals surface area contributed by atoms with Crippen LogP contribution in [0.5, 0.6) is 0 Å². The highest BCUT2D eigenvalue weighted by Gasteiger charge is 2.27. The number of benzene rings is 1. The Balaban J connectivity index is 1.72. The van der Waals surface area contributed by atoms with E-state index in [2.05, 4.69) is 47.5 Å². The molecular weight excluding hydrogens is 422 g/mol. The van der Waals surface area contributed by atoms with Crippen molar-refractivity contribution < 1.29 is 8.42 Å². The second-order valence-electron chi connectivity index (χ2n) is 8.02. The molecule has 0 saturated carbocycles. The molecule has 2 aromatic rings. The molecule has 1 atom stereocenters. The van der Waals surface area contributed by atoms with Crippen LogP contribution in [0.2, 0.25) is 0 Å². The van der Waals surface area contributed by atoms with Crippen molar-refractivity contribution in [1.29, 1.82) is 0 Å². The minimum Gasteiger partial charge on any atom is -0.338 e. The minimum absolute atomic E-state index is 0.131. The molecule has 1 saturated heterocycles. The van der Waals surface area contributed by atoms with Crippen LogP contribution >= 0.6 is 11.8 Å². The van der Waals surface area contributed by atoms with E-state index in [1.54, 1.807) is 24.3 Å². The Hall–Kier alpha value is -1.90. The first-order valence-electron chi connectivity index (χ1n) is 10.4.